The number of aromatic nitrogens is 3. The minimum Gasteiger partial charge on any atom is -0.378 e. The Morgan fingerprint density at radius 3 is 2.61 bits per heavy atom. The van der Waals surface area contributed by atoms with Crippen LogP contribution < -0.4 is 10.6 Å². The molecule has 0 aliphatic rings. The fourth-order valence-corrected chi connectivity index (χ4v) is 3.79. The zero-order valence-corrected chi connectivity index (χ0v) is 18.5. The van der Waals surface area contributed by atoms with Crippen LogP contribution in [0.3, 0.4) is 0 Å². The van der Waals surface area contributed by atoms with Gasteiger partial charge >= 0.3 is 0 Å². The summed E-state index contributed by atoms with van der Waals surface area (Å²) in [5, 5.41) is 26.6. The average molecular weight is 461 g/mol. The number of amides is 1. The van der Waals surface area contributed by atoms with E-state index < -0.39 is 4.92 Å². The van der Waals surface area contributed by atoms with Gasteiger partial charge in [-0.25, -0.2) is 0 Å². The third-order valence-corrected chi connectivity index (χ3v) is 5.65. The summed E-state index contributed by atoms with van der Waals surface area (Å²) in [5.41, 5.74) is 2.07. The fourth-order valence-electron chi connectivity index (χ4n) is 2.84. The van der Waals surface area contributed by atoms with Crippen molar-refractivity contribution in [1.29, 1.82) is 0 Å². The Bertz CT molecular complexity index is 1090. The van der Waals surface area contributed by atoms with E-state index >= 15 is 0 Å². The molecule has 0 aliphatic heterocycles. The predicted octanol–water partition coefficient (Wildman–Crippen LogP) is 4.51. The minimum absolute atomic E-state index is 0.0133. The van der Waals surface area contributed by atoms with Gasteiger partial charge in [-0.3, -0.25) is 14.9 Å². The number of nitrogens with zero attached hydrogens (tertiary/aromatic N) is 4. The summed E-state index contributed by atoms with van der Waals surface area (Å²) in [6.07, 6.45) is 0. The molecule has 1 heterocycles. The van der Waals surface area contributed by atoms with E-state index in [2.05, 4.69) is 20.8 Å². The Labute approximate surface area is 188 Å². The number of non-ortho nitro benzene ring substituents is 1. The molecule has 0 unspecified atom stereocenters. The van der Waals surface area contributed by atoms with Crippen LogP contribution in [0.25, 0.3) is 0 Å². The number of anilines is 2. The number of hydrogen-bond donors (Lipinski definition) is 2. The Balaban J connectivity index is 1.58. The Morgan fingerprint density at radius 2 is 1.97 bits per heavy atom. The van der Waals surface area contributed by atoms with Crippen LogP contribution in [-0.2, 0) is 17.9 Å². The van der Waals surface area contributed by atoms with E-state index in [9.17, 15) is 14.9 Å². The second-order valence-corrected chi connectivity index (χ2v) is 7.98. The van der Waals surface area contributed by atoms with Crippen molar-refractivity contribution in [2.45, 2.75) is 32.1 Å². The average Bonchev–Trinajstić information content (AvgIpc) is 3.15. The molecule has 0 radical (unpaired) electrons. The molecule has 9 nitrogen and oxygen atoms in total. The Hall–Kier alpha value is -3.11. The lowest BCUT2D eigenvalue weighted by Gasteiger charge is -2.10. The van der Waals surface area contributed by atoms with Crippen molar-refractivity contribution in [1.82, 2.24) is 14.8 Å². The number of hydrogen-bond acceptors (Lipinski definition) is 7. The van der Waals surface area contributed by atoms with E-state index in [0.717, 1.165) is 11.5 Å². The number of carbonyl (C=O) groups is 1. The summed E-state index contributed by atoms with van der Waals surface area (Å²) in [6.45, 7) is 4.84. The van der Waals surface area contributed by atoms with Crippen LogP contribution in [0.4, 0.5) is 17.1 Å². The first-order chi connectivity index (χ1) is 14.9. The molecule has 3 aromatic rings. The molecule has 0 saturated heterocycles. The molecule has 2 N–H and O–H groups in total. The van der Waals surface area contributed by atoms with Crippen molar-refractivity contribution >= 4 is 46.3 Å². The fraction of sp³-hybridized carbons (Fsp3) is 0.250. The molecular formula is C20H21ClN6O3S. The van der Waals surface area contributed by atoms with Gasteiger partial charge in [-0.2, -0.15) is 0 Å². The lowest BCUT2D eigenvalue weighted by Crippen LogP contribution is -2.15. The van der Waals surface area contributed by atoms with Crippen molar-refractivity contribution in [2.24, 2.45) is 0 Å². The summed E-state index contributed by atoms with van der Waals surface area (Å²) in [7, 11) is 0. The van der Waals surface area contributed by atoms with Crippen molar-refractivity contribution < 1.29 is 9.72 Å². The minimum atomic E-state index is -0.467. The highest BCUT2D eigenvalue weighted by Gasteiger charge is 2.14. The molecule has 0 bridgehead atoms. The van der Waals surface area contributed by atoms with Gasteiger partial charge in [0.1, 0.15) is 0 Å². The molecule has 0 atom stereocenters. The van der Waals surface area contributed by atoms with Gasteiger partial charge in [0.2, 0.25) is 5.91 Å². The lowest BCUT2D eigenvalue weighted by atomic mass is 10.2. The highest BCUT2D eigenvalue weighted by atomic mass is 35.5. The first kappa shape index (κ1) is 22.6. The van der Waals surface area contributed by atoms with Gasteiger partial charge in [-0.1, -0.05) is 23.4 Å². The molecule has 0 aliphatic carbocycles. The molecule has 1 aromatic heterocycles. The van der Waals surface area contributed by atoms with Crippen molar-refractivity contribution in [3.8, 4) is 0 Å². The smallest absolute Gasteiger partial charge is 0.269 e. The van der Waals surface area contributed by atoms with Gasteiger partial charge in [0.05, 0.1) is 17.2 Å². The van der Waals surface area contributed by atoms with E-state index in [-0.39, 0.29) is 17.3 Å². The lowest BCUT2D eigenvalue weighted by molar-refractivity contribution is -0.384. The zero-order valence-electron chi connectivity index (χ0n) is 17.0. The van der Waals surface area contributed by atoms with Gasteiger partial charge in [-0.05, 0) is 49.7 Å². The molecule has 11 heteroatoms. The topological polar surface area (TPSA) is 115 Å². The summed E-state index contributed by atoms with van der Waals surface area (Å²) in [4.78, 5) is 22.7. The summed E-state index contributed by atoms with van der Waals surface area (Å²) < 4.78 is 1.94. The van der Waals surface area contributed by atoms with Crippen LogP contribution in [0.2, 0.25) is 5.02 Å². The van der Waals surface area contributed by atoms with Gasteiger partial charge in [0.25, 0.3) is 5.69 Å². The Kier molecular flexibility index (Phi) is 7.48. The highest BCUT2D eigenvalue weighted by molar-refractivity contribution is 7.99. The number of halogens is 1. The molecule has 162 valence electrons. The standard InChI is InChI=1S/C20H21ClN6O3S/c1-3-26-18(11-22-15-6-4-14(21)5-7-15)24-25-20(26)31-12-19(28)23-17-9-8-16(27(29)30)10-13(17)2/h4-10,22H,3,11-12H2,1-2H3,(H,23,28). The molecule has 0 saturated carbocycles. The number of carbonyl (C=O) groups excluding carboxylic acids is 1. The van der Waals surface area contributed by atoms with Crippen LogP contribution in [-0.4, -0.2) is 31.3 Å². The van der Waals surface area contributed by atoms with Crippen LogP contribution in [0.1, 0.15) is 18.3 Å². The van der Waals surface area contributed by atoms with Gasteiger partial charge in [0, 0.05) is 35.1 Å². The van der Waals surface area contributed by atoms with Crippen LogP contribution in [0.5, 0.6) is 0 Å². The van der Waals surface area contributed by atoms with E-state index in [1.165, 1.54) is 30.0 Å². The van der Waals surface area contributed by atoms with Crippen LogP contribution in [0.15, 0.2) is 47.6 Å². The number of nitro groups is 1. The third kappa shape index (κ3) is 5.96. The quantitative estimate of drug-likeness (QED) is 0.274. The summed E-state index contributed by atoms with van der Waals surface area (Å²) >= 11 is 7.18. The number of aryl methyl sites for hydroxylation is 1. The van der Waals surface area contributed by atoms with E-state index in [0.29, 0.717) is 34.5 Å². The monoisotopic (exact) mass is 460 g/mol. The van der Waals surface area contributed by atoms with Gasteiger partial charge in [-0.15, -0.1) is 10.2 Å². The third-order valence-electron chi connectivity index (χ3n) is 4.43. The number of rotatable bonds is 9. The molecule has 0 spiro atoms. The second-order valence-electron chi connectivity index (χ2n) is 6.60. The molecular weight excluding hydrogens is 440 g/mol. The number of nitro benzene ring substituents is 1. The van der Waals surface area contributed by atoms with Crippen LogP contribution >= 0.6 is 23.4 Å². The number of thioether (sulfide) groups is 1. The molecule has 31 heavy (non-hydrogen) atoms. The maximum Gasteiger partial charge on any atom is 0.269 e. The Morgan fingerprint density at radius 1 is 1.23 bits per heavy atom. The summed E-state index contributed by atoms with van der Waals surface area (Å²) in [6, 6.07) is 11.7. The predicted molar refractivity (Wildman–Crippen MR) is 122 cm³/mol. The van der Waals surface area contributed by atoms with Crippen molar-refractivity contribution in [3.63, 3.8) is 0 Å². The van der Waals surface area contributed by atoms with E-state index in [4.69, 9.17) is 11.6 Å². The zero-order chi connectivity index (χ0) is 22.4. The van der Waals surface area contributed by atoms with E-state index in [1.807, 2.05) is 23.6 Å². The second kappa shape index (κ2) is 10.3. The SMILES string of the molecule is CCn1c(CNc2ccc(Cl)cc2)nnc1SCC(=O)Nc1ccc([N+](=O)[O-])cc1C. The maximum absolute atomic E-state index is 12.4. The van der Waals surface area contributed by atoms with Crippen molar-refractivity contribution in [3.05, 3.63) is 69.0 Å². The number of nitrogens with one attached hydrogen (secondary N) is 2. The first-order valence-corrected chi connectivity index (χ1v) is 10.8. The molecule has 0 fully saturated rings. The maximum atomic E-state index is 12.4. The van der Waals surface area contributed by atoms with Crippen molar-refractivity contribution in [2.75, 3.05) is 16.4 Å². The first-order valence-electron chi connectivity index (χ1n) is 9.46. The largest absolute Gasteiger partial charge is 0.378 e. The summed E-state index contributed by atoms with van der Waals surface area (Å²) in [5.74, 6) is 0.666. The van der Waals surface area contributed by atoms with Gasteiger partial charge < -0.3 is 15.2 Å². The van der Waals surface area contributed by atoms with Crippen LogP contribution in [0, 0.1) is 17.0 Å². The highest BCUT2D eigenvalue weighted by Crippen LogP contribution is 2.23. The van der Waals surface area contributed by atoms with Gasteiger partial charge in [0.15, 0.2) is 11.0 Å². The van der Waals surface area contributed by atoms with E-state index in [1.54, 1.807) is 19.1 Å². The number of benzene rings is 2. The molecule has 1 amide bonds. The normalized spacial score (nSPS) is 10.7. The molecule has 3 rings (SSSR count). The molecule has 2 aromatic carbocycles.